The maximum atomic E-state index is 12.6. The van der Waals surface area contributed by atoms with Gasteiger partial charge in [0.05, 0.1) is 19.2 Å². The van der Waals surface area contributed by atoms with Gasteiger partial charge in [-0.2, -0.15) is 0 Å². The molecule has 0 aliphatic heterocycles. The second-order valence-electron chi connectivity index (χ2n) is 5.55. The van der Waals surface area contributed by atoms with Gasteiger partial charge >= 0.3 is 0 Å². The van der Waals surface area contributed by atoms with E-state index in [9.17, 15) is 8.42 Å². The highest BCUT2D eigenvalue weighted by Gasteiger charge is 2.30. The molecule has 5 nitrogen and oxygen atoms in total. The van der Waals surface area contributed by atoms with Crippen molar-refractivity contribution in [3.63, 3.8) is 0 Å². The van der Waals surface area contributed by atoms with Crippen LogP contribution in [0.15, 0.2) is 41.3 Å². The normalized spacial score (nSPS) is 16.7. The van der Waals surface area contributed by atoms with Crippen LogP contribution in [0.1, 0.15) is 23.6 Å². The lowest BCUT2D eigenvalue weighted by Gasteiger charge is -2.17. The molecule has 0 heterocycles. The Hall–Kier alpha value is -1.76. The summed E-state index contributed by atoms with van der Waals surface area (Å²) in [6.45, 7) is 0. The number of rotatable bonds is 5. The van der Waals surface area contributed by atoms with Crippen molar-refractivity contribution in [3.05, 3.63) is 52.5 Å². The second-order valence-corrected chi connectivity index (χ2v) is 7.64. The van der Waals surface area contributed by atoms with Crippen LogP contribution in [-0.2, 0) is 16.4 Å². The summed E-state index contributed by atoms with van der Waals surface area (Å²) in [5, 5.41) is 0.204. The first-order chi connectivity index (χ1) is 11.5. The maximum absolute atomic E-state index is 12.6. The predicted octanol–water partition coefficient (Wildman–Crippen LogP) is 3.32. The lowest BCUT2D eigenvalue weighted by Crippen LogP contribution is -2.27. The molecule has 128 valence electrons. The van der Waals surface area contributed by atoms with E-state index in [1.165, 1.54) is 6.07 Å². The third-order valence-corrected chi connectivity index (χ3v) is 6.12. The van der Waals surface area contributed by atoms with Crippen LogP contribution in [0.4, 0.5) is 0 Å². The number of ether oxygens (including phenoxy) is 2. The number of hydrogen-bond acceptors (Lipinski definition) is 4. The number of halogens is 1. The Morgan fingerprint density at radius 1 is 1.12 bits per heavy atom. The number of hydrogen-bond donors (Lipinski definition) is 1. The van der Waals surface area contributed by atoms with Crippen LogP contribution >= 0.6 is 11.6 Å². The van der Waals surface area contributed by atoms with Crippen molar-refractivity contribution >= 4 is 21.6 Å². The van der Waals surface area contributed by atoms with Crippen molar-refractivity contribution < 1.29 is 17.9 Å². The summed E-state index contributed by atoms with van der Waals surface area (Å²) in [5.41, 5.74) is 1.96. The van der Waals surface area contributed by atoms with Gasteiger partial charge in [-0.3, -0.25) is 0 Å². The van der Waals surface area contributed by atoms with E-state index in [-0.39, 0.29) is 16.0 Å². The average molecular weight is 368 g/mol. The van der Waals surface area contributed by atoms with Crippen molar-refractivity contribution in [2.75, 3.05) is 14.2 Å². The monoisotopic (exact) mass is 367 g/mol. The molecule has 1 aliphatic carbocycles. The number of benzene rings is 2. The lowest BCUT2D eigenvalue weighted by atomic mass is 10.1. The van der Waals surface area contributed by atoms with Crippen molar-refractivity contribution in [2.45, 2.75) is 23.8 Å². The fourth-order valence-electron chi connectivity index (χ4n) is 2.97. The highest BCUT2D eigenvalue weighted by Crippen LogP contribution is 2.40. The molecule has 7 heteroatoms. The van der Waals surface area contributed by atoms with Crippen molar-refractivity contribution in [2.24, 2.45) is 0 Å². The molecule has 0 radical (unpaired) electrons. The van der Waals surface area contributed by atoms with Crippen molar-refractivity contribution in [3.8, 4) is 11.5 Å². The Morgan fingerprint density at radius 2 is 1.79 bits per heavy atom. The van der Waals surface area contributed by atoms with Crippen molar-refractivity contribution in [1.82, 2.24) is 4.72 Å². The molecule has 24 heavy (non-hydrogen) atoms. The SMILES string of the molecule is COc1cc2c(cc1OC)C(NS(=O)(=O)c1ccccc1Cl)CC2. The third-order valence-electron chi connectivity index (χ3n) is 4.15. The van der Waals surface area contributed by atoms with Gasteiger partial charge in [0.15, 0.2) is 11.5 Å². The molecule has 0 saturated heterocycles. The molecule has 1 N–H and O–H groups in total. The molecule has 2 aromatic rings. The maximum Gasteiger partial charge on any atom is 0.242 e. The average Bonchev–Trinajstić information content (AvgIpc) is 2.95. The summed E-state index contributed by atoms with van der Waals surface area (Å²) in [7, 11) is -0.569. The number of fused-ring (bicyclic) bond motifs is 1. The van der Waals surface area contributed by atoms with Crippen molar-refractivity contribution in [1.29, 1.82) is 0 Å². The summed E-state index contributed by atoms with van der Waals surface area (Å²) in [6.07, 6.45) is 1.45. The van der Waals surface area contributed by atoms with Crippen LogP contribution in [0, 0.1) is 0 Å². The summed E-state index contributed by atoms with van der Waals surface area (Å²) in [6, 6.07) is 9.82. The van der Waals surface area contributed by atoms with Crippen LogP contribution in [0.25, 0.3) is 0 Å². The van der Waals surface area contributed by atoms with E-state index in [0.717, 1.165) is 17.5 Å². The van der Waals surface area contributed by atoms with E-state index < -0.39 is 10.0 Å². The van der Waals surface area contributed by atoms with E-state index in [1.807, 2.05) is 12.1 Å². The van der Waals surface area contributed by atoms with E-state index in [0.29, 0.717) is 17.9 Å². The molecule has 1 aliphatic rings. The summed E-state index contributed by atoms with van der Waals surface area (Å²) in [4.78, 5) is 0.0839. The van der Waals surface area contributed by atoms with Gasteiger partial charge in [0.25, 0.3) is 0 Å². The van der Waals surface area contributed by atoms with E-state index >= 15 is 0 Å². The minimum Gasteiger partial charge on any atom is -0.493 e. The molecule has 0 fully saturated rings. The Bertz CT molecular complexity index is 867. The van der Waals surface area contributed by atoms with Gasteiger partial charge in [0, 0.05) is 6.04 Å². The van der Waals surface area contributed by atoms with E-state index in [2.05, 4.69) is 4.72 Å². The molecule has 1 atom stereocenters. The Balaban J connectivity index is 1.93. The Kier molecular flexibility index (Phi) is 4.71. The number of nitrogens with one attached hydrogen (secondary N) is 1. The zero-order valence-electron chi connectivity index (χ0n) is 13.4. The van der Waals surface area contributed by atoms with Crippen LogP contribution < -0.4 is 14.2 Å². The molecule has 3 rings (SSSR count). The zero-order chi connectivity index (χ0) is 17.3. The first kappa shape index (κ1) is 17.1. The number of sulfonamides is 1. The van der Waals surface area contributed by atoms with Gasteiger partial charge < -0.3 is 9.47 Å². The zero-order valence-corrected chi connectivity index (χ0v) is 14.9. The van der Waals surface area contributed by atoms with Crippen LogP contribution in [0.2, 0.25) is 5.02 Å². The summed E-state index contributed by atoms with van der Waals surface area (Å²) >= 11 is 6.03. The minimum absolute atomic E-state index is 0.0839. The summed E-state index contributed by atoms with van der Waals surface area (Å²) in [5.74, 6) is 1.23. The van der Waals surface area contributed by atoms with E-state index in [4.69, 9.17) is 21.1 Å². The van der Waals surface area contributed by atoms with Crippen LogP contribution in [0.5, 0.6) is 11.5 Å². The van der Waals surface area contributed by atoms with Gasteiger partial charge in [-0.25, -0.2) is 13.1 Å². The van der Waals surface area contributed by atoms with Gasteiger partial charge in [-0.15, -0.1) is 0 Å². The fraction of sp³-hybridized carbons (Fsp3) is 0.294. The lowest BCUT2D eigenvalue weighted by molar-refractivity contribution is 0.354. The highest BCUT2D eigenvalue weighted by atomic mass is 35.5. The van der Waals surface area contributed by atoms with Gasteiger partial charge in [-0.05, 0) is 48.2 Å². The molecular weight excluding hydrogens is 350 g/mol. The highest BCUT2D eigenvalue weighted by molar-refractivity contribution is 7.89. The standard InChI is InChI=1S/C17H18ClNO4S/c1-22-15-9-11-7-8-14(12(11)10-16(15)23-2)19-24(20,21)17-6-4-3-5-13(17)18/h3-6,9-10,14,19H,7-8H2,1-2H3. The molecular formula is C17H18ClNO4S. The molecule has 0 bridgehead atoms. The minimum atomic E-state index is -3.71. The molecule has 0 aromatic heterocycles. The smallest absolute Gasteiger partial charge is 0.242 e. The van der Waals surface area contributed by atoms with Gasteiger partial charge in [-0.1, -0.05) is 23.7 Å². The number of methoxy groups -OCH3 is 2. The first-order valence-corrected chi connectivity index (χ1v) is 9.34. The van der Waals surface area contributed by atoms with Gasteiger partial charge in [0.1, 0.15) is 4.90 Å². The van der Waals surface area contributed by atoms with Crippen LogP contribution in [-0.4, -0.2) is 22.6 Å². The number of aryl methyl sites for hydroxylation is 1. The quantitative estimate of drug-likeness (QED) is 0.880. The largest absolute Gasteiger partial charge is 0.493 e. The first-order valence-electron chi connectivity index (χ1n) is 7.48. The predicted molar refractivity (Wildman–Crippen MR) is 92.4 cm³/mol. The molecule has 0 spiro atoms. The topological polar surface area (TPSA) is 64.6 Å². The second kappa shape index (κ2) is 6.63. The molecule has 0 amide bonds. The van der Waals surface area contributed by atoms with E-state index in [1.54, 1.807) is 32.4 Å². The molecule has 1 unspecified atom stereocenters. The molecule has 2 aromatic carbocycles. The molecule has 0 saturated carbocycles. The Morgan fingerprint density at radius 3 is 2.46 bits per heavy atom. The third kappa shape index (κ3) is 3.09. The van der Waals surface area contributed by atoms with Gasteiger partial charge in [0.2, 0.25) is 10.0 Å². The van der Waals surface area contributed by atoms with Crippen LogP contribution in [0.3, 0.4) is 0 Å². The Labute approximate surface area is 146 Å². The fourth-order valence-corrected chi connectivity index (χ4v) is 4.74. The summed E-state index contributed by atoms with van der Waals surface area (Å²) < 4.78 is 38.7.